The van der Waals surface area contributed by atoms with E-state index in [1.165, 1.54) is 0 Å². The third kappa shape index (κ3) is 5.50. The molecule has 0 aromatic heterocycles. The summed E-state index contributed by atoms with van der Waals surface area (Å²) in [6, 6.07) is 27.9. The molecule has 6 heteroatoms. The number of benzene rings is 4. The van der Waals surface area contributed by atoms with E-state index in [1.807, 2.05) is 36.4 Å². The van der Waals surface area contributed by atoms with Gasteiger partial charge in [0.1, 0.15) is 11.5 Å². The van der Waals surface area contributed by atoms with Crippen molar-refractivity contribution in [3.63, 3.8) is 0 Å². The fraction of sp³-hybridized carbons (Fsp3) is 0.103. The summed E-state index contributed by atoms with van der Waals surface area (Å²) >= 11 is 0. The maximum Gasteiger partial charge on any atom is 0.343 e. The summed E-state index contributed by atoms with van der Waals surface area (Å²) in [6.45, 7) is 4.10. The lowest BCUT2D eigenvalue weighted by Crippen LogP contribution is -2.19. The van der Waals surface area contributed by atoms with Gasteiger partial charge in [-0.3, -0.25) is 0 Å². The van der Waals surface area contributed by atoms with E-state index in [4.69, 9.17) is 20.9 Å². The number of nitrogens with two attached hydrogens (primary N) is 2. The van der Waals surface area contributed by atoms with Crippen LogP contribution in [0.2, 0.25) is 0 Å². The first-order valence-corrected chi connectivity index (χ1v) is 11.1. The van der Waals surface area contributed by atoms with Crippen molar-refractivity contribution in [2.75, 3.05) is 11.5 Å². The first-order chi connectivity index (χ1) is 16.7. The quantitative estimate of drug-likeness (QED) is 0.217. The van der Waals surface area contributed by atoms with Crippen LogP contribution in [0.4, 0.5) is 11.4 Å². The lowest BCUT2D eigenvalue weighted by molar-refractivity contribution is 0.0725. The molecule has 176 valence electrons. The van der Waals surface area contributed by atoms with Gasteiger partial charge < -0.3 is 20.9 Å². The number of nitrogen functional groups attached to an aromatic ring is 2. The summed E-state index contributed by atoms with van der Waals surface area (Å²) in [5.74, 6) is -0.0558. The molecule has 35 heavy (non-hydrogen) atoms. The molecule has 0 atom stereocenters. The number of rotatable bonds is 6. The Hall–Kier alpha value is -4.58. The second kappa shape index (κ2) is 9.73. The highest BCUT2D eigenvalue weighted by Crippen LogP contribution is 2.35. The summed E-state index contributed by atoms with van der Waals surface area (Å²) in [6.07, 6.45) is 0. The first-order valence-electron chi connectivity index (χ1n) is 11.1. The minimum Gasteiger partial charge on any atom is -0.423 e. The zero-order valence-corrected chi connectivity index (χ0v) is 19.5. The summed E-state index contributed by atoms with van der Waals surface area (Å²) in [7, 11) is 0. The molecule has 4 aromatic rings. The van der Waals surface area contributed by atoms with E-state index >= 15 is 0 Å². The monoisotopic (exact) mass is 466 g/mol. The Morgan fingerprint density at radius 3 is 1.34 bits per heavy atom. The molecule has 0 unspecified atom stereocenters. The van der Waals surface area contributed by atoms with E-state index in [0.717, 1.165) is 11.1 Å². The topological polar surface area (TPSA) is 105 Å². The molecule has 4 aromatic carbocycles. The fourth-order valence-corrected chi connectivity index (χ4v) is 3.63. The van der Waals surface area contributed by atoms with Gasteiger partial charge in [0.25, 0.3) is 0 Å². The number of esters is 2. The second-order valence-electron chi connectivity index (χ2n) is 8.70. The van der Waals surface area contributed by atoms with Crippen LogP contribution in [-0.4, -0.2) is 11.9 Å². The predicted octanol–water partition coefficient (Wildman–Crippen LogP) is 5.62. The Balaban J connectivity index is 1.53. The molecule has 6 nitrogen and oxygen atoms in total. The van der Waals surface area contributed by atoms with E-state index in [2.05, 4.69) is 13.8 Å². The van der Waals surface area contributed by atoms with E-state index in [-0.39, 0.29) is 0 Å². The van der Waals surface area contributed by atoms with E-state index in [0.29, 0.717) is 34.0 Å². The number of hydrogen-bond donors (Lipinski definition) is 2. The number of carbonyl (C=O) groups excluding carboxylic acids is 2. The highest BCUT2D eigenvalue weighted by Gasteiger charge is 2.25. The van der Waals surface area contributed by atoms with Crippen molar-refractivity contribution in [1.82, 2.24) is 0 Å². The van der Waals surface area contributed by atoms with Gasteiger partial charge in [-0.2, -0.15) is 0 Å². The molecule has 0 heterocycles. The minimum absolute atomic E-state index is 0.416. The average Bonchev–Trinajstić information content (AvgIpc) is 2.85. The molecule has 0 bridgehead atoms. The molecule has 0 aliphatic rings. The van der Waals surface area contributed by atoms with Crippen LogP contribution in [0, 0.1) is 0 Å². The van der Waals surface area contributed by atoms with Crippen LogP contribution in [-0.2, 0) is 5.41 Å². The molecule has 0 saturated carbocycles. The summed E-state index contributed by atoms with van der Waals surface area (Å²) in [5, 5.41) is 0. The zero-order chi connectivity index (χ0) is 25.0. The molecule has 0 aliphatic heterocycles. The smallest absolute Gasteiger partial charge is 0.343 e. The standard InChI is InChI=1S/C29H26N2O4/c1-29(2,21-5-3-7-25(17-21)34-27(32)19-9-13-23(30)14-10-19)22-6-4-8-26(18-22)35-28(33)20-11-15-24(31)16-12-20/h3-18H,30-31H2,1-2H3. The number of hydrogen-bond acceptors (Lipinski definition) is 6. The third-order valence-corrected chi connectivity index (χ3v) is 5.83. The second-order valence-corrected chi connectivity index (χ2v) is 8.70. The molecule has 0 radical (unpaired) electrons. The Bertz CT molecular complexity index is 1260. The van der Waals surface area contributed by atoms with E-state index in [1.54, 1.807) is 60.7 Å². The highest BCUT2D eigenvalue weighted by atomic mass is 16.5. The van der Waals surface area contributed by atoms with Crippen molar-refractivity contribution >= 4 is 23.3 Å². The van der Waals surface area contributed by atoms with Gasteiger partial charge in [-0.1, -0.05) is 38.1 Å². The van der Waals surface area contributed by atoms with Crippen molar-refractivity contribution in [3.05, 3.63) is 119 Å². The van der Waals surface area contributed by atoms with Crippen LogP contribution in [0.25, 0.3) is 0 Å². The van der Waals surface area contributed by atoms with Gasteiger partial charge in [-0.25, -0.2) is 9.59 Å². The Kier molecular flexibility index (Phi) is 6.55. The van der Waals surface area contributed by atoms with Gasteiger partial charge in [0.2, 0.25) is 0 Å². The van der Waals surface area contributed by atoms with Crippen LogP contribution >= 0.6 is 0 Å². The molecule has 0 saturated heterocycles. The molecule has 0 spiro atoms. The molecule has 4 N–H and O–H groups in total. The minimum atomic E-state index is -0.465. The predicted molar refractivity (Wildman–Crippen MR) is 137 cm³/mol. The van der Waals surface area contributed by atoms with Crippen LogP contribution in [0.1, 0.15) is 45.7 Å². The van der Waals surface area contributed by atoms with E-state index in [9.17, 15) is 9.59 Å². The third-order valence-electron chi connectivity index (χ3n) is 5.83. The van der Waals surface area contributed by atoms with Crippen LogP contribution in [0.3, 0.4) is 0 Å². The van der Waals surface area contributed by atoms with Crippen molar-refractivity contribution in [2.24, 2.45) is 0 Å². The van der Waals surface area contributed by atoms with Gasteiger partial charge in [0.15, 0.2) is 0 Å². The number of anilines is 2. The van der Waals surface area contributed by atoms with Crippen molar-refractivity contribution in [3.8, 4) is 11.5 Å². The van der Waals surface area contributed by atoms with Crippen LogP contribution in [0.5, 0.6) is 11.5 Å². The Morgan fingerprint density at radius 1 is 0.600 bits per heavy atom. The first kappa shape index (κ1) is 23.6. The molecule has 0 amide bonds. The van der Waals surface area contributed by atoms with Gasteiger partial charge in [-0.15, -0.1) is 0 Å². The van der Waals surface area contributed by atoms with Crippen LogP contribution in [0.15, 0.2) is 97.1 Å². The fourth-order valence-electron chi connectivity index (χ4n) is 3.63. The van der Waals surface area contributed by atoms with Crippen LogP contribution < -0.4 is 20.9 Å². The lowest BCUT2D eigenvalue weighted by Gasteiger charge is -2.27. The van der Waals surface area contributed by atoms with Gasteiger partial charge in [0.05, 0.1) is 11.1 Å². The largest absolute Gasteiger partial charge is 0.423 e. The maximum atomic E-state index is 12.5. The van der Waals surface area contributed by atoms with Crippen molar-refractivity contribution in [2.45, 2.75) is 19.3 Å². The average molecular weight is 467 g/mol. The SMILES string of the molecule is CC(C)(c1cccc(OC(=O)c2ccc(N)cc2)c1)c1cccc(OC(=O)c2ccc(N)cc2)c1. The van der Waals surface area contributed by atoms with Gasteiger partial charge in [0, 0.05) is 16.8 Å². The zero-order valence-electron chi connectivity index (χ0n) is 19.5. The summed E-state index contributed by atoms with van der Waals surface area (Å²) in [4.78, 5) is 25.0. The molecular formula is C29H26N2O4. The number of ether oxygens (including phenoxy) is 2. The summed E-state index contributed by atoms with van der Waals surface area (Å²) < 4.78 is 11.2. The normalized spacial score (nSPS) is 11.0. The molecule has 4 rings (SSSR count). The Morgan fingerprint density at radius 2 is 0.971 bits per heavy atom. The number of carbonyl (C=O) groups is 2. The van der Waals surface area contributed by atoms with E-state index < -0.39 is 17.4 Å². The molecular weight excluding hydrogens is 440 g/mol. The van der Waals surface area contributed by atoms with Crippen molar-refractivity contribution in [1.29, 1.82) is 0 Å². The summed E-state index contributed by atoms with van der Waals surface area (Å²) in [5.41, 5.74) is 14.8. The lowest BCUT2D eigenvalue weighted by atomic mass is 9.78. The Labute approximate surface area is 204 Å². The molecule has 0 fully saturated rings. The van der Waals surface area contributed by atoms with Gasteiger partial charge in [-0.05, 0) is 83.9 Å². The van der Waals surface area contributed by atoms with Gasteiger partial charge >= 0.3 is 11.9 Å². The van der Waals surface area contributed by atoms with Crippen molar-refractivity contribution < 1.29 is 19.1 Å². The highest BCUT2D eigenvalue weighted by molar-refractivity contribution is 5.92. The maximum absolute atomic E-state index is 12.5. The molecule has 0 aliphatic carbocycles.